The summed E-state index contributed by atoms with van der Waals surface area (Å²) in [6, 6.07) is 8.74. The predicted molar refractivity (Wildman–Crippen MR) is 143 cm³/mol. The number of aliphatic carboxylic acids is 1. The number of aromatic nitrogens is 2. The van der Waals surface area contributed by atoms with Crippen LogP contribution in [-0.2, 0) is 16.0 Å². The number of aliphatic hydroxyl groups is 1. The molecule has 0 spiro atoms. The van der Waals surface area contributed by atoms with Crippen LogP contribution in [0.15, 0.2) is 30.3 Å². The number of methoxy groups -OCH3 is 2. The number of halogens is 1. The molecule has 1 fully saturated rings. The number of carbonyl (C=O) groups is 2. The molecule has 1 aliphatic carbocycles. The number of carboxylic acid groups (broad SMARTS) is 1. The molecule has 1 saturated carbocycles. The van der Waals surface area contributed by atoms with Crippen LogP contribution in [0.3, 0.4) is 0 Å². The van der Waals surface area contributed by atoms with Crippen molar-refractivity contribution in [2.75, 3.05) is 19.1 Å². The maximum atomic E-state index is 12.6. The van der Waals surface area contributed by atoms with Crippen molar-refractivity contribution in [3.63, 3.8) is 0 Å². The highest BCUT2D eigenvalue weighted by molar-refractivity contribution is 6.32. The van der Waals surface area contributed by atoms with Crippen LogP contribution in [0.2, 0.25) is 5.02 Å². The minimum Gasteiger partial charge on any atom is -0.495 e. The Kier molecular flexibility index (Phi) is 7.24. The lowest BCUT2D eigenvalue weighted by molar-refractivity contribution is -0.143. The quantitative estimate of drug-likeness (QED) is 0.438. The van der Waals surface area contributed by atoms with Gasteiger partial charge in [-0.3, -0.25) is 9.69 Å². The second-order valence-corrected chi connectivity index (χ2v) is 10.6. The Morgan fingerprint density at radius 3 is 2.63 bits per heavy atom. The number of hydrogen-bond acceptors (Lipinski definition) is 6. The molecule has 3 aromatic rings. The number of ether oxygens (including phenoxy) is 2. The van der Waals surface area contributed by atoms with Gasteiger partial charge in [0.2, 0.25) is 0 Å². The number of rotatable bonds is 5. The summed E-state index contributed by atoms with van der Waals surface area (Å²) in [5, 5.41) is 21.7. The highest BCUT2D eigenvalue weighted by Gasteiger charge is 2.35. The number of carboxylic acids is 1. The van der Waals surface area contributed by atoms with Crippen molar-refractivity contribution >= 4 is 40.4 Å². The van der Waals surface area contributed by atoms with Gasteiger partial charge >= 0.3 is 12.1 Å². The topological polar surface area (TPSA) is 114 Å². The number of nitrogens with zero attached hydrogens (tertiary/aromatic N) is 3. The first-order chi connectivity index (χ1) is 18.2. The molecule has 2 heterocycles. The number of anilines is 1. The normalized spacial score (nSPS) is 22.1. The smallest absolute Gasteiger partial charge is 0.414 e. The number of fused-ring (bicyclic) bond motifs is 3. The Balaban J connectivity index is 1.69. The standard InChI is InChI=1S/C28H32ClN3O6/c1-15-7-9-19-21(31(15)28(36)38-3)10-11-22-24(19)30-26(25(33)16-8-12-23(37-2)20(29)14-16)32(22)18-6-4-5-17(13-18)27(34)35/h8,10-12,14-15,17-18,25,33H,4-7,9,13H2,1-3H3,(H,34,35)/t15-,17?,18?,25?/m0/s1. The van der Waals surface area contributed by atoms with Gasteiger partial charge in [0.15, 0.2) is 0 Å². The van der Waals surface area contributed by atoms with Crippen LogP contribution < -0.4 is 9.64 Å². The molecule has 1 amide bonds. The van der Waals surface area contributed by atoms with Gasteiger partial charge in [0.05, 0.1) is 41.9 Å². The van der Waals surface area contributed by atoms with Crippen molar-refractivity contribution < 1.29 is 29.3 Å². The van der Waals surface area contributed by atoms with E-state index in [1.54, 1.807) is 23.1 Å². The summed E-state index contributed by atoms with van der Waals surface area (Å²) >= 11 is 6.37. The van der Waals surface area contributed by atoms with Crippen molar-refractivity contribution in [2.24, 2.45) is 5.92 Å². The van der Waals surface area contributed by atoms with E-state index in [0.717, 1.165) is 36.0 Å². The van der Waals surface area contributed by atoms with Crippen LogP contribution in [-0.4, -0.2) is 52.1 Å². The molecule has 5 rings (SSSR count). The molecule has 38 heavy (non-hydrogen) atoms. The van der Waals surface area contributed by atoms with Crippen LogP contribution in [0, 0.1) is 5.92 Å². The average Bonchev–Trinajstić information content (AvgIpc) is 3.32. The van der Waals surface area contributed by atoms with Crippen LogP contribution in [0.5, 0.6) is 5.75 Å². The third-order valence-corrected chi connectivity index (χ3v) is 8.25. The highest BCUT2D eigenvalue weighted by Crippen LogP contribution is 2.42. The fourth-order valence-electron chi connectivity index (χ4n) is 5.99. The molecule has 0 saturated heterocycles. The Labute approximate surface area is 225 Å². The van der Waals surface area contributed by atoms with E-state index in [1.165, 1.54) is 14.2 Å². The summed E-state index contributed by atoms with van der Waals surface area (Å²) in [4.78, 5) is 31.1. The molecular formula is C28H32ClN3O6. The number of carbonyl (C=O) groups excluding carboxylic acids is 1. The molecule has 2 aliphatic rings. The largest absolute Gasteiger partial charge is 0.495 e. The highest BCUT2D eigenvalue weighted by atomic mass is 35.5. The number of benzene rings is 2. The van der Waals surface area contributed by atoms with E-state index in [0.29, 0.717) is 46.9 Å². The van der Waals surface area contributed by atoms with Crippen molar-refractivity contribution in [3.05, 3.63) is 52.3 Å². The Morgan fingerprint density at radius 1 is 1.16 bits per heavy atom. The third-order valence-electron chi connectivity index (χ3n) is 7.95. The Morgan fingerprint density at radius 2 is 1.95 bits per heavy atom. The van der Waals surface area contributed by atoms with Crippen LogP contribution in [0.1, 0.15) is 68.1 Å². The first kappa shape index (κ1) is 26.3. The maximum absolute atomic E-state index is 12.6. The molecule has 202 valence electrons. The van der Waals surface area contributed by atoms with Crippen molar-refractivity contribution in [1.29, 1.82) is 0 Å². The third kappa shape index (κ3) is 4.47. The van der Waals surface area contributed by atoms with E-state index in [2.05, 4.69) is 0 Å². The van der Waals surface area contributed by atoms with Gasteiger partial charge in [-0.05, 0) is 68.9 Å². The van der Waals surface area contributed by atoms with Crippen molar-refractivity contribution in [3.8, 4) is 5.75 Å². The molecule has 1 aliphatic heterocycles. The fourth-order valence-corrected chi connectivity index (χ4v) is 6.26. The van der Waals surface area contributed by atoms with Crippen molar-refractivity contribution in [1.82, 2.24) is 9.55 Å². The van der Waals surface area contributed by atoms with E-state index < -0.39 is 24.1 Å². The molecule has 1 aromatic heterocycles. The van der Waals surface area contributed by atoms with E-state index in [4.69, 9.17) is 26.1 Å². The second-order valence-electron chi connectivity index (χ2n) is 10.2. The van der Waals surface area contributed by atoms with E-state index in [-0.39, 0.29) is 12.1 Å². The monoisotopic (exact) mass is 541 g/mol. The van der Waals surface area contributed by atoms with Gasteiger partial charge in [0, 0.05) is 17.6 Å². The van der Waals surface area contributed by atoms with E-state index >= 15 is 0 Å². The van der Waals surface area contributed by atoms with Gasteiger partial charge < -0.3 is 24.3 Å². The zero-order valence-electron chi connectivity index (χ0n) is 21.7. The van der Waals surface area contributed by atoms with E-state index in [9.17, 15) is 19.8 Å². The predicted octanol–water partition coefficient (Wildman–Crippen LogP) is 5.50. The van der Waals surface area contributed by atoms with Crippen LogP contribution in [0.25, 0.3) is 11.0 Å². The summed E-state index contributed by atoms with van der Waals surface area (Å²) in [6.07, 6.45) is 2.55. The van der Waals surface area contributed by atoms with Gasteiger partial charge in [0.25, 0.3) is 0 Å². The number of aliphatic hydroxyl groups excluding tert-OH is 1. The number of aryl methyl sites for hydroxylation is 1. The number of hydrogen-bond donors (Lipinski definition) is 2. The molecule has 4 atom stereocenters. The van der Waals surface area contributed by atoms with Gasteiger partial charge in [-0.1, -0.05) is 24.1 Å². The average molecular weight is 542 g/mol. The molecule has 0 bridgehead atoms. The van der Waals surface area contributed by atoms with Gasteiger partial charge in [-0.2, -0.15) is 0 Å². The Hall–Kier alpha value is -3.30. The molecule has 9 nitrogen and oxygen atoms in total. The Bertz CT molecular complexity index is 1390. The number of imidazole rings is 1. The lowest BCUT2D eigenvalue weighted by atomic mass is 9.85. The van der Waals surface area contributed by atoms with Gasteiger partial charge in [0.1, 0.15) is 17.7 Å². The van der Waals surface area contributed by atoms with Crippen LogP contribution in [0.4, 0.5) is 10.5 Å². The van der Waals surface area contributed by atoms with Gasteiger partial charge in [-0.15, -0.1) is 0 Å². The molecular weight excluding hydrogens is 510 g/mol. The second kappa shape index (κ2) is 10.5. The molecule has 0 radical (unpaired) electrons. The minimum atomic E-state index is -1.11. The summed E-state index contributed by atoms with van der Waals surface area (Å²) in [5.41, 5.74) is 3.73. The SMILES string of the molecule is COC(=O)N1c2ccc3c(nc(C(O)c4ccc(OC)c(Cl)c4)n3C3CCCC(C(=O)O)C3)c2CC[C@@H]1C. The first-order valence-corrected chi connectivity index (χ1v) is 13.3. The number of amides is 1. The summed E-state index contributed by atoms with van der Waals surface area (Å²) < 4.78 is 12.3. The van der Waals surface area contributed by atoms with Crippen molar-refractivity contribution in [2.45, 2.75) is 63.6 Å². The molecule has 3 unspecified atom stereocenters. The summed E-state index contributed by atoms with van der Waals surface area (Å²) in [7, 11) is 2.90. The summed E-state index contributed by atoms with van der Waals surface area (Å²) in [5.74, 6) is -0.337. The molecule has 2 N–H and O–H groups in total. The zero-order chi connectivity index (χ0) is 27.1. The first-order valence-electron chi connectivity index (χ1n) is 12.9. The minimum absolute atomic E-state index is 0.0318. The zero-order valence-corrected chi connectivity index (χ0v) is 22.4. The summed E-state index contributed by atoms with van der Waals surface area (Å²) in [6.45, 7) is 1.99. The van der Waals surface area contributed by atoms with Gasteiger partial charge in [-0.25, -0.2) is 9.78 Å². The molecule has 2 aromatic carbocycles. The van der Waals surface area contributed by atoms with Crippen LogP contribution >= 0.6 is 11.6 Å². The maximum Gasteiger partial charge on any atom is 0.414 e. The lowest BCUT2D eigenvalue weighted by Gasteiger charge is -2.34. The fraction of sp³-hybridized carbons (Fsp3) is 0.464. The molecule has 10 heteroatoms. The van der Waals surface area contributed by atoms with E-state index in [1.807, 2.05) is 23.6 Å². The lowest BCUT2D eigenvalue weighted by Crippen LogP contribution is -2.42.